The molecule has 0 aliphatic rings. The van der Waals surface area contributed by atoms with Crippen LogP contribution in [0.3, 0.4) is 0 Å². The van der Waals surface area contributed by atoms with Crippen molar-refractivity contribution in [1.82, 2.24) is 9.97 Å². The van der Waals surface area contributed by atoms with Crippen molar-refractivity contribution >= 4 is 11.8 Å². The second-order valence-corrected chi connectivity index (χ2v) is 5.07. The van der Waals surface area contributed by atoms with Gasteiger partial charge in [0, 0.05) is 25.7 Å². The summed E-state index contributed by atoms with van der Waals surface area (Å²) in [7, 11) is 5.02. The van der Waals surface area contributed by atoms with Crippen LogP contribution in [0.1, 0.15) is 37.0 Å². The van der Waals surface area contributed by atoms with E-state index in [1.165, 1.54) is 13.3 Å². The van der Waals surface area contributed by atoms with Gasteiger partial charge in [0.1, 0.15) is 17.2 Å². The van der Waals surface area contributed by atoms with Crippen molar-refractivity contribution in [3.8, 4) is 0 Å². The maximum atomic E-state index is 11.6. The summed E-state index contributed by atoms with van der Waals surface area (Å²) in [6.07, 6.45) is 1.52. The maximum absolute atomic E-state index is 11.6. The summed E-state index contributed by atoms with van der Waals surface area (Å²) in [5, 5.41) is 0. The topological polar surface area (TPSA) is 55.3 Å². The first-order chi connectivity index (χ1) is 7.77. The van der Waals surface area contributed by atoms with Gasteiger partial charge >= 0.3 is 5.97 Å². The molecule has 0 aliphatic carbocycles. The van der Waals surface area contributed by atoms with Crippen molar-refractivity contribution in [2.75, 3.05) is 26.1 Å². The molecule has 0 spiro atoms. The molecular weight excluding hydrogens is 218 g/mol. The molecule has 17 heavy (non-hydrogen) atoms. The summed E-state index contributed by atoms with van der Waals surface area (Å²) in [6, 6.07) is 0. The number of aromatic nitrogens is 2. The van der Waals surface area contributed by atoms with Gasteiger partial charge in [0.05, 0.1) is 7.11 Å². The van der Waals surface area contributed by atoms with E-state index in [0.717, 1.165) is 0 Å². The second kappa shape index (κ2) is 4.69. The van der Waals surface area contributed by atoms with Gasteiger partial charge in [-0.25, -0.2) is 14.8 Å². The smallest absolute Gasteiger partial charge is 0.343 e. The Balaban J connectivity index is 3.32. The summed E-state index contributed by atoms with van der Waals surface area (Å²) in [4.78, 5) is 22.0. The molecule has 0 amide bonds. The van der Waals surface area contributed by atoms with E-state index in [-0.39, 0.29) is 5.41 Å². The number of hydrogen-bond acceptors (Lipinski definition) is 5. The number of ether oxygens (including phenoxy) is 1. The van der Waals surface area contributed by atoms with Gasteiger partial charge in [0.15, 0.2) is 0 Å². The molecule has 5 heteroatoms. The van der Waals surface area contributed by atoms with E-state index < -0.39 is 5.97 Å². The molecule has 1 heterocycles. The van der Waals surface area contributed by atoms with Crippen molar-refractivity contribution < 1.29 is 9.53 Å². The predicted molar refractivity (Wildman–Crippen MR) is 66.4 cm³/mol. The summed E-state index contributed by atoms with van der Waals surface area (Å²) >= 11 is 0. The fraction of sp³-hybridized carbons (Fsp3) is 0.583. The first-order valence-electron chi connectivity index (χ1n) is 5.40. The van der Waals surface area contributed by atoms with Crippen LogP contribution in [0.15, 0.2) is 6.20 Å². The minimum absolute atomic E-state index is 0.153. The number of methoxy groups -OCH3 is 1. The van der Waals surface area contributed by atoms with Gasteiger partial charge in [0.2, 0.25) is 0 Å². The molecule has 0 aliphatic heterocycles. The zero-order chi connectivity index (χ0) is 13.2. The Morgan fingerprint density at radius 3 is 2.35 bits per heavy atom. The molecule has 1 aromatic heterocycles. The van der Waals surface area contributed by atoms with Crippen molar-refractivity contribution in [3.05, 3.63) is 17.6 Å². The van der Waals surface area contributed by atoms with E-state index in [9.17, 15) is 4.79 Å². The average Bonchev–Trinajstić information content (AvgIpc) is 2.25. The number of carbonyl (C=O) groups excluding carboxylic acids is 1. The van der Waals surface area contributed by atoms with Crippen LogP contribution < -0.4 is 4.90 Å². The molecule has 0 aromatic carbocycles. The molecule has 0 bridgehead atoms. The largest absolute Gasteiger partial charge is 0.465 e. The lowest BCUT2D eigenvalue weighted by molar-refractivity contribution is 0.0600. The molecule has 0 radical (unpaired) electrons. The Kier molecular flexibility index (Phi) is 3.70. The number of rotatable bonds is 2. The molecule has 0 saturated carbocycles. The molecule has 0 atom stereocenters. The van der Waals surface area contributed by atoms with E-state index in [2.05, 4.69) is 9.97 Å². The molecular formula is C12H19N3O2. The number of carbonyl (C=O) groups is 1. The van der Waals surface area contributed by atoms with Crippen molar-refractivity contribution in [2.45, 2.75) is 26.2 Å². The van der Waals surface area contributed by atoms with Gasteiger partial charge in [-0.15, -0.1) is 0 Å². The van der Waals surface area contributed by atoms with Crippen molar-refractivity contribution in [1.29, 1.82) is 0 Å². The third kappa shape index (κ3) is 2.93. The fourth-order valence-corrected chi connectivity index (χ4v) is 1.33. The summed E-state index contributed by atoms with van der Waals surface area (Å²) < 4.78 is 4.71. The highest BCUT2D eigenvalue weighted by Gasteiger charge is 2.22. The highest BCUT2D eigenvalue weighted by Crippen LogP contribution is 2.22. The van der Waals surface area contributed by atoms with E-state index >= 15 is 0 Å². The summed E-state index contributed by atoms with van der Waals surface area (Å²) in [6.45, 7) is 6.08. The summed E-state index contributed by atoms with van der Waals surface area (Å²) in [5.74, 6) is 0.861. The maximum Gasteiger partial charge on any atom is 0.343 e. The minimum Gasteiger partial charge on any atom is -0.465 e. The van der Waals surface area contributed by atoms with Crippen molar-refractivity contribution in [3.63, 3.8) is 0 Å². The van der Waals surface area contributed by atoms with Crippen LogP contribution >= 0.6 is 0 Å². The van der Waals surface area contributed by atoms with Crippen LogP contribution in [0, 0.1) is 0 Å². The third-order valence-corrected chi connectivity index (χ3v) is 2.27. The van der Waals surface area contributed by atoms with Gasteiger partial charge in [0.25, 0.3) is 0 Å². The van der Waals surface area contributed by atoms with Crippen LogP contribution in [0.5, 0.6) is 0 Å². The van der Waals surface area contributed by atoms with E-state index in [4.69, 9.17) is 4.74 Å². The molecule has 1 aromatic rings. The molecule has 0 unspecified atom stereocenters. The zero-order valence-electron chi connectivity index (χ0n) is 11.2. The van der Waals surface area contributed by atoms with Crippen LogP contribution in [0.2, 0.25) is 0 Å². The van der Waals surface area contributed by atoms with E-state index in [1.54, 1.807) is 4.90 Å². The highest BCUT2D eigenvalue weighted by atomic mass is 16.5. The second-order valence-electron chi connectivity index (χ2n) is 5.07. The Morgan fingerprint density at radius 2 is 1.94 bits per heavy atom. The molecule has 0 saturated heterocycles. The fourth-order valence-electron chi connectivity index (χ4n) is 1.33. The number of esters is 1. The highest BCUT2D eigenvalue weighted by molar-refractivity contribution is 5.94. The molecule has 5 nitrogen and oxygen atoms in total. The Labute approximate surface area is 102 Å². The number of hydrogen-bond donors (Lipinski definition) is 0. The third-order valence-electron chi connectivity index (χ3n) is 2.27. The first-order valence-corrected chi connectivity index (χ1v) is 5.40. The standard InChI is InChI=1S/C12H19N3O2/c1-12(2,3)11-13-7-8(10(16)17-6)9(14-11)15(4)5/h7H,1-6H3. The number of anilines is 1. The Bertz CT molecular complexity index is 422. The van der Waals surface area contributed by atoms with Gasteiger partial charge in [-0.3, -0.25) is 0 Å². The lowest BCUT2D eigenvalue weighted by atomic mass is 9.95. The van der Waals surface area contributed by atoms with Crippen molar-refractivity contribution in [2.24, 2.45) is 0 Å². The molecule has 1 rings (SSSR count). The van der Waals surface area contributed by atoms with Gasteiger partial charge in [-0.2, -0.15) is 0 Å². The monoisotopic (exact) mass is 237 g/mol. The number of nitrogens with zero attached hydrogens (tertiary/aromatic N) is 3. The van der Waals surface area contributed by atoms with Crippen LogP contribution in [0.4, 0.5) is 5.82 Å². The summed E-state index contributed by atoms with van der Waals surface area (Å²) in [5.41, 5.74) is 0.227. The molecule has 0 N–H and O–H groups in total. The average molecular weight is 237 g/mol. The Hall–Kier alpha value is -1.65. The van der Waals surface area contributed by atoms with Gasteiger partial charge in [-0.05, 0) is 0 Å². The zero-order valence-corrected chi connectivity index (χ0v) is 11.2. The lowest BCUT2D eigenvalue weighted by Crippen LogP contribution is -2.22. The Morgan fingerprint density at radius 1 is 1.35 bits per heavy atom. The molecule has 94 valence electrons. The predicted octanol–water partition coefficient (Wildman–Crippen LogP) is 1.63. The van der Waals surface area contributed by atoms with Crippen LogP contribution in [0.25, 0.3) is 0 Å². The van der Waals surface area contributed by atoms with Gasteiger partial charge < -0.3 is 9.64 Å². The van der Waals surface area contributed by atoms with Crippen LogP contribution in [-0.2, 0) is 10.2 Å². The van der Waals surface area contributed by atoms with Crippen LogP contribution in [-0.4, -0.2) is 37.1 Å². The van der Waals surface area contributed by atoms with E-state index in [0.29, 0.717) is 17.2 Å². The lowest BCUT2D eigenvalue weighted by Gasteiger charge is -2.21. The quantitative estimate of drug-likeness (QED) is 0.732. The van der Waals surface area contributed by atoms with Gasteiger partial charge in [-0.1, -0.05) is 20.8 Å². The van der Waals surface area contributed by atoms with E-state index in [1.807, 2.05) is 34.9 Å². The molecule has 0 fully saturated rings. The minimum atomic E-state index is -0.422. The normalized spacial score (nSPS) is 11.2. The SMILES string of the molecule is COC(=O)c1cnc(C(C)(C)C)nc1N(C)C. The first kappa shape index (κ1) is 13.4.